The second-order valence-corrected chi connectivity index (χ2v) is 6.07. The van der Waals surface area contributed by atoms with Crippen molar-refractivity contribution in [1.29, 1.82) is 0 Å². The van der Waals surface area contributed by atoms with Gasteiger partial charge < -0.3 is 14.8 Å². The second-order valence-electron chi connectivity index (χ2n) is 6.07. The number of ether oxygens (including phenoxy) is 2. The van der Waals surface area contributed by atoms with Gasteiger partial charge in [-0.25, -0.2) is 4.79 Å². The summed E-state index contributed by atoms with van der Waals surface area (Å²) >= 11 is 0. The molecule has 2 aliphatic carbocycles. The second kappa shape index (κ2) is 6.38. The maximum absolute atomic E-state index is 12.0. The van der Waals surface area contributed by atoms with Gasteiger partial charge in [0.15, 0.2) is 6.61 Å². The van der Waals surface area contributed by atoms with Crippen molar-refractivity contribution in [1.82, 2.24) is 5.32 Å². The van der Waals surface area contributed by atoms with Crippen LogP contribution in [0.4, 0.5) is 0 Å². The summed E-state index contributed by atoms with van der Waals surface area (Å²) in [5.74, 6) is 1.46. The minimum Gasteiger partial charge on any atom is -0.484 e. The summed E-state index contributed by atoms with van der Waals surface area (Å²) in [6.07, 6.45) is 4.93. The zero-order valence-electron chi connectivity index (χ0n) is 12.7. The van der Waals surface area contributed by atoms with E-state index in [-0.39, 0.29) is 18.5 Å². The van der Waals surface area contributed by atoms with Gasteiger partial charge in [-0.2, -0.15) is 0 Å². The first-order valence-electron chi connectivity index (χ1n) is 7.78. The lowest BCUT2D eigenvalue weighted by Crippen LogP contribution is -2.40. The Balaban J connectivity index is 1.47. The Bertz CT molecular complexity index is 534. The minimum absolute atomic E-state index is 0.00745. The van der Waals surface area contributed by atoms with E-state index in [1.165, 1.54) is 32.8 Å². The lowest BCUT2D eigenvalue weighted by molar-refractivity contribution is -0.124. The largest absolute Gasteiger partial charge is 0.484 e. The molecule has 1 aromatic rings. The van der Waals surface area contributed by atoms with E-state index in [4.69, 9.17) is 4.74 Å². The fourth-order valence-corrected chi connectivity index (χ4v) is 2.71. The third-order valence-electron chi connectivity index (χ3n) is 4.23. The number of hydrogen-bond donors (Lipinski definition) is 1. The van der Waals surface area contributed by atoms with Crippen LogP contribution in [0.1, 0.15) is 36.0 Å². The van der Waals surface area contributed by atoms with Gasteiger partial charge in [0.1, 0.15) is 5.75 Å². The predicted molar refractivity (Wildman–Crippen MR) is 80.7 cm³/mol. The van der Waals surface area contributed by atoms with E-state index < -0.39 is 0 Å². The third-order valence-corrected chi connectivity index (χ3v) is 4.23. The van der Waals surface area contributed by atoms with E-state index >= 15 is 0 Å². The highest BCUT2D eigenvalue weighted by Gasteiger charge is 2.42. The van der Waals surface area contributed by atoms with Crippen LogP contribution in [-0.4, -0.2) is 31.6 Å². The van der Waals surface area contributed by atoms with Crippen molar-refractivity contribution >= 4 is 11.9 Å². The standard InChI is InChI=1S/C17H21NO4/c1-21-17(20)13-6-8-14(9-7-13)22-10-15(19)18-16(11-2-3-11)12-4-5-12/h6-9,11-12,16H,2-5,10H2,1H3,(H,18,19). The Morgan fingerprint density at radius 2 is 1.73 bits per heavy atom. The van der Waals surface area contributed by atoms with Crippen LogP contribution in [0, 0.1) is 11.8 Å². The molecule has 5 nitrogen and oxygen atoms in total. The van der Waals surface area contributed by atoms with E-state index in [0.29, 0.717) is 29.2 Å². The van der Waals surface area contributed by atoms with E-state index in [9.17, 15) is 9.59 Å². The number of esters is 1. The van der Waals surface area contributed by atoms with E-state index in [2.05, 4.69) is 10.1 Å². The molecule has 22 heavy (non-hydrogen) atoms. The van der Waals surface area contributed by atoms with Gasteiger partial charge in [-0.1, -0.05) is 0 Å². The number of benzene rings is 1. The molecular formula is C17H21NO4. The minimum atomic E-state index is -0.388. The van der Waals surface area contributed by atoms with Crippen molar-refractivity contribution in [3.63, 3.8) is 0 Å². The van der Waals surface area contributed by atoms with Crippen molar-refractivity contribution in [2.75, 3.05) is 13.7 Å². The van der Waals surface area contributed by atoms with Gasteiger partial charge in [0.05, 0.1) is 12.7 Å². The molecule has 1 N–H and O–H groups in total. The number of amides is 1. The molecule has 0 aliphatic heterocycles. The predicted octanol–water partition coefficient (Wildman–Crippen LogP) is 2.16. The number of rotatable bonds is 7. The van der Waals surface area contributed by atoms with Crippen LogP contribution >= 0.6 is 0 Å². The lowest BCUT2D eigenvalue weighted by atomic mass is 10.1. The molecule has 0 spiro atoms. The van der Waals surface area contributed by atoms with Crippen LogP contribution in [0.3, 0.4) is 0 Å². The molecule has 0 bridgehead atoms. The normalized spacial score (nSPS) is 17.2. The average molecular weight is 303 g/mol. The number of carbonyl (C=O) groups is 2. The van der Waals surface area contributed by atoms with Crippen molar-refractivity contribution in [3.05, 3.63) is 29.8 Å². The number of hydrogen-bond acceptors (Lipinski definition) is 4. The van der Waals surface area contributed by atoms with Gasteiger partial charge in [-0.05, 0) is 61.8 Å². The van der Waals surface area contributed by atoms with Crippen LogP contribution in [0.2, 0.25) is 0 Å². The fourth-order valence-electron chi connectivity index (χ4n) is 2.71. The summed E-state index contributed by atoms with van der Waals surface area (Å²) in [4.78, 5) is 23.3. The molecule has 2 fully saturated rings. The molecule has 0 aromatic heterocycles. The first-order chi connectivity index (χ1) is 10.7. The van der Waals surface area contributed by atoms with Gasteiger partial charge in [0.25, 0.3) is 5.91 Å². The molecule has 1 aromatic carbocycles. The fraction of sp³-hybridized carbons (Fsp3) is 0.529. The molecule has 1 amide bonds. The summed E-state index contributed by atoms with van der Waals surface area (Å²) in [6.45, 7) is 0.00745. The molecule has 2 saturated carbocycles. The first kappa shape index (κ1) is 14.9. The SMILES string of the molecule is COC(=O)c1ccc(OCC(=O)NC(C2CC2)C2CC2)cc1. The van der Waals surface area contributed by atoms with E-state index in [1.807, 2.05) is 0 Å². The molecule has 0 unspecified atom stereocenters. The van der Waals surface area contributed by atoms with Gasteiger partial charge in [-0.3, -0.25) is 4.79 Å². The summed E-state index contributed by atoms with van der Waals surface area (Å²) < 4.78 is 10.1. The molecule has 118 valence electrons. The first-order valence-corrected chi connectivity index (χ1v) is 7.78. The molecule has 0 atom stereocenters. The van der Waals surface area contributed by atoms with Crippen LogP contribution in [0.25, 0.3) is 0 Å². The van der Waals surface area contributed by atoms with Crippen molar-refractivity contribution in [3.8, 4) is 5.75 Å². The smallest absolute Gasteiger partial charge is 0.337 e. The third kappa shape index (κ3) is 3.78. The monoisotopic (exact) mass is 303 g/mol. The van der Waals surface area contributed by atoms with Crippen molar-refractivity contribution in [2.45, 2.75) is 31.7 Å². The van der Waals surface area contributed by atoms with E-state index in [1.54, 1.807) is 24.3 Å². The van der Waals surface area contributed by atoms with Gasteiger partial charge >= 0.3 is 5.97 Å². The van der Waals surface area contributed by atoms with Gasteiger partial charge in [0.2, 0.25) is 0 Å². The molecule has 2 aliphatic rings. The maximum Gasteiger partial charge on any atom is 0.337 e. The molecule has 3 rings (SSSR count). The number of methoxy groups -OCH3 is 1. The zero-order chi connectivity index (χ0) is 15.5. The topological polar surface area (TPSA) is 64.6 Å². The van der Waals surface area contributed by atoms with Gasteiger partial charge in [0, 0.05) is 6.04 Å². The van der Waals surface area contributed by atoms with Gasteiger partial charge in [-0.15, -0.1) is 0 Å². The summed E-state index contributed by atoms with van der Waals surface area (Å²) in [5.41, 5.74) is 0.460. The molecule has 0 saturated heterocycles. The Morgan fingerprint density at radius 3 is 2.23 bits per heavy atom. The highest BCUT2D eigenvalue weighted by molar-refractivity contribution is 5.89. The van der Waals surface area contributed by atoms with Crippen LogP contribution in [0.15, 0.2) is 24.3 Å². The molecule has 5 heteroatoms. The maximum atomic E-state index is 12.0. The molecule has 0 heterocycles. The number of carbonyl (C=O) groups excluding carboxylic acids is 2. The Morgan fingerprint density at radius 1 is 1.14 bits per heavy atom. The van der Waals surface area contributed by atoms with Crippen molar-refractivity contribution < 1.29 is 19.1 Å². The van der Waals surface area contributed by atoms with Crippen LogP contribution in [-0.2, 0) is 9.53 Å². The highest BCUT2D eigenvalue weighted by atomic mass is 16.5. The molecular weight excluding hydrogens is 282 g/mol. The zero-order valence-corrected chi connectivity index (χ0v) is 12.7. The lowest BCUT2D eigenvalue weighted by Gasteiger charge is -2.17. The van der Waals surface area contributed by atoms with E-state index in [0.717, 1.165) is 0 Å². The Kier molecular flexibility index (Phi) is 4.32. The summed E-state index contributed by atoms with van der Waals surface area (Å²) in [5, 5.41) is 3.11. The average Bonchev–Trinajstić information content (AvgIpc) is 3.42. The number of nitrogens with one attached hydrogen (secondary N) is 1. The Labute approximate surface area is 130 Å². The van der Waals surface area contributed by atoms with Crippen LogP contribution in [0.5, 0.6) is 5.75 Å². The van der Waals surface area contributed by atoms with Crippen molar-refractivity contribution in [2.24, 2.45) is 11.8 Å². The summed E-state index contributed by atoms with van der Waals surface area (Å²) in [7, 11) is 1.34. The Hall–Kier alpha value is -2.04. The highest BCUT2D eigenvalue weighted by Crippen LogP contribution is 2.44. The summed E-state index contributed by atoms with van der Waals surface area (Å²) in [6, 6.07) is 6.92. The van der Waals surface area contributed by atoms with Crippen LogP contribution < -0.4 is 10.1 Å². The molecule has 0 radical (unpaired) electrons. The quantitative estimate of drug-likeness (QED) is 0.784.